The zero-order valence-electron chi connectivity index (χ0n) is 12.8. The van der Waals surface area contributed by atoms with E-state index in [2.05, 4.69) is 0 Å². The third kappa shape index (κ3) is 2.59. The van der Waals surface area contributed by atoms with Gasteiger partial charge in [0.1, 0.15) is 0 Å². The van der Waals surface area contributed by atoms with Crippen molar-refractivity contribution in [3.05, 3.63) is 0 Å². The molecule has 2 fully saturated rings. The Morgan fingerprint density at radius 1 is 1.45 bits per heavy atom. The van der Waals surface area contributed by atoms with Gasteiger partial charge in [0.2, 0.25) is 5.91 Å². The molecule has 0 aromatic rings. The lowest BCUT2D eigenvalue weighted by molar-refractivity contribution is -0.210. The summed E-state index contributed by atoms with van der Waals surface area (Å²) in [5.74, 6) is 0.195. The van der Waals surface area contributed by atoms with Crippen molar-refractivity contribution in [3.8, 4) is 0 Å². The van der Waals surface area contributed by atoms with Crippen molar-refractivity contribution in [2.45, 2.75) is 58.3 Å². The van der Waals surface area contributed by atoms with Gasteiger partial charge in [0, 0.05) is 31.5 Å². The molecule has 3 atom stereocenters. The van der Waals surface area contributed by atoms with E-state index in [4.69, 9.17) is 10.5 Å². The van der Waals surface area contributed by atoms with Crippen molar-refractivity contribution in [1.82, 2.24) is 4.90 Å². The quantitative estimate of drug-likeness (QED) is 0.799. The Morgan fingerprint density at radius 3 is 2.50 bits per heavy atom. The molecular formula is C15H28N2O3. The van der Waals surface area contributed by atoms with Gasteiger partial charge in [-0.1, -0.05) is 13.8 Å². The topological polar surface area (TPSA) is 75.8 Å². The van der Waals surface area contributed by atoms with Crippen molar-refractivity contribution in [1.29, 1.82) is 0 Å². The van der Waals surface area contributed by atoms with E-state index in [1.807, 2.05) is 25.7 Å². The Balaban J connectivity index is 1.93. The van der Waals surface area contributed by atoms with Crippen LogP contribution in [0.5, 0.6) is 0 Å². The number of piperidine rings is 1. The summed E-state index contributed by atoms with van der Waals surface area (Å²) in [7, 11) is 0. The van der Waals surface area contributed by atoms with E-state index in [9.17, 15) is 9.90 Å². The van der Waals surface area contributed by atoms with Gasteiger partial charge in [0.15, 0.2) is 0 Å². The van der Waals surface area contributed by atoms with Crippen LogP contribution in [0.15, 0.2) is 0 Å². The summed E-state index contributed by atoms with van der Waals surface area (Å²) < 4.78 is 5.73. The molecule has 0 aromatic heterocycles. The fourth-order valence-corrected chi connectivity index (χ4v) is 3.46. The van der Waals surface area contributed by atoms with E-state index < -0.39 is 6.04 Å². The molecule has 3 unspecified atom stereocenters. The molecular weight excluding hydrogens is 256 g/mol. The van der Waals surface area contributed by atoms with Gasteiger partial charge in [-0.25, -0.2) is 0 Å². The zero-order valence-corrected chi connectivity index (χ0v) is 12.8. The summed E-state index contributed by atoms with van der Waals surface area (Å²) in [6.07, 6.45) is 2.23. The number of aliphatic hydroxyl groups excluding tert-OH is 1. The first-order valence-electron chi connectivity index (χ1n) is 7.76. The lowest BCUT2D eigenvalue weighted by Gasteiger charge is -2.56. The van der Waals surface area contributed by atoms with E-state index in [1.165, 1.54) is 0 Å². The Kier molecular flexibility index (Phi) is 4.72. The Bertz CT molecular complexity index is 349. The van der Waals surface area contributed by atoms with E-state index in [0.717, 1.165) is 19.3 Å². The lowest BCUT2D eigenvalue weighted by atomic mass is 9.58. The largest absolute Gasteiger partial charge is 0.392 e. The van der Waals surface area contributed by atoms with Crippen LogP contribution in [-0.4, -0.2) is 53.9 Å². The van der Waals surface area contributed by atoms with Gasteiger partial charge < -0.3 is 20.5 Å². The first-order chi connectivity index (χ1) is 9.42. The standard InChI is InChI=1S/C15H28N2O3/c1-4-20-12-9-11(18)15(12)5-7-17(8-6-15)14(19)13(16)10(2)3/h10-13,18H,4-9,16H2,1-3H3. The van der Waals surface area contributed by atoms with Crippen molar-refractivity contribution in [2.24, 2.45) is 17.1 Å². The molecule has 0 bridgehead atoms. The maximum absolute atomic E-state index is 12.3. The van der Waals surface area contributed by atoms with Gasteiger partial charge in [-0.05, 0) is 25.7 Å². The second-order valence-corrected chi connectivity index (χ2v) is 6.52. The number of nitrogens with two attached hydrogens (primary N) is 1. The fourth-order valence-electron chi connectivity index (χ4n) is 3.46. The number of likely N-dealkylation sites (tertiary alicyclic amines) is 1. The molecule has 1 spiro atoms. The monoisotopic (exact) mass is 284 g/mol. The van der Waals surface area contributed by atoms with Crippen molar-refractivity contribution in [3.63, 3.8) is 0 Å². The summed E-state index contributed by atoms with van der Waals surface area (Å²) in [4.78, 5) is 14.1. The molecule has 20 heavy (non-hydrogen) atoms. The molecule has 0 radical (unpaired) electrons. The van der Waals surface area contributed by atoms with Gasteiger partial charge in [-0.2, -0.15) is 0 Å². The summed E-state index contributed by atoms with van der Waals surface area (Å²) in [6.45, 7) is 7.96. The van der Waals surface area contributed by atoms with Crippen LogP contribution in [-0.2, 0) is 9.53 Å². The molecule has 1 heterocycles. The normalized spacial score (nSPS) is 30.4. The smallest absolute Gasteiger partial charge is 0.239 e. The average Bonchev–Trinajstić information content (AvgIpc) is 2.45. The van der Waals surface area contributed by atoms with Crippen LogP contribution in [0.1, 0.15) is 40.0 Å². The predicted molar refractivity (Wildman–Crippen MR) is 77.1 cm³/mol. The molecule has 5 nitrogen and oxygen atoms in total. The first kappa shape index (κ1) is 15.7. The number of amides is 1. The lowest BCUT2D eigenvalue weighted by Crippen LogP contribution is -2.63. The summed E-state index contributed by atoms with van der Waals surface area (Å²) in [6, 6.07) is -0.418. The number of hydrogen-bond donors (Lipinski definition) is 2. The Hall–Kier alpha value is -0.650. The van der Waals surface area contributed by atoms with Gasteiger partial charge in [0.05, 0.1) is 18.2 Å². The van der Waals surface area contributed by atoms with Crippen LogP contribution in [0.3, 0.4) is 0 Å². The molecule has 1 amide bonds. The van der Waals surface area contributed by atoms with Gasteiger partial charge in [-0.3, -0.25) is 4.79 Å². The van der Waals surface area contributed by atoms with Crippen molar-refractivity contribution >= 4 is 5.91 Å². The molecule has 116 valence electrons. The predicted octanol–water partition coefficient (Wildman–Crippen LogP) is 0.748. The highest BCUT2D eigenvalue weighted by Gasteiger charge is 2.56. The van der Waals surface area contributed by atoms with Crippen LogP contribution in [0, 0.1) is 11.3 Å². The second-order valence-electron chi connectivity index (χ2n) is 6.52. The number of carbonyl (C=O) groups is 1. The summed E-state index contributed by atoms with van der Waals surface area (Å²) >= 11 is 0. The molecule has 3 N–H and O–H groups in total. The number of hydrogen-bond acceptors (Lipinski definition) is 4. The number of aliphatic hydroxyl groups is 1. The highest BCUT2D eigenvalue weighted by atomic mass is 16.5. The third-order valence-electron chi connectivity index (χ3n) is 5.12. The summed E-state index contributed by atoms with van der Waals surface area (Å²) in [5.41, 5.74) is 5.81. The average molecular weight is 284 g/mol. The van der Waals surface area contributed by atoms with Crippen LogP contribution < -0.4 is 5.73 Å². The van der Waals surface area contributed by atoms with Crippen molar-refractivity contribution < 1.29 is 14.6 Å². The molecule has 1 saturated heterocycles. The third-order valence-corrected chi connectivity index (χ3v) is 5.12. The van der Waals surface area contributed by atoms with E-state index >= 15 is 0 Å². The van der Waals surface area contributed by atoms with E-state index in [1.54, 1.807) is 0 Å². The maximum Gasteiger partial charge on any atom is 0.239 e. The van der Waals surface area contributed by atoms with E-state index in [0.29, 0.717) is 19.7 Å². The van der Waals surface area contributed by atoms with Crippen LogP contribution in [0.2, 0.25) is 0 Å². The highest BCUT2D eigenvalue weighted by Crippen LogP contribution is 2.50. The minimum Gasteiger partial charge on any atom is -0.392 e. The fraction of sp³-hybridized carbons (Fsp3) is 0.933. The minimum absolute atomic E-state index is 0.0385. The van der Waals surface area contributed by atoms with Crippen LogP contribution in [0.25, 0.3) is 0 Å². The zero-order chi connectivity index (χ0) is 14.9. The SMILES string of the molecule is CCOC1CC(O)C12CCN(C(=O)C(N)C(C)C)CC2. The molecule has 0 aromatic carbocycles. The minimum atomic E-state index is -0.418. The summed E-state index contributed by atoms with van der Waals surface area (Å²) in [5, 5.41) is 10.1. The van der Waals surface area contributed by atoms with Gasteiger partial charge in [0.25, 0.3) is 0 Å². The maximum atomic E-state index is 12.3. The molecule has 2 aliphatic rings. The van der Waals surface area contributed by atoms with Gasteiger partial charge in [-0.15, -0.1) is 0 Å². The number of ether oxygens (including phenoxy) is 1. The van der Waals surface area contributed by atoms with Crippen LogP contribution in [0.4, 0.5) is 0 Å². The molecule has 5 heteroatoms. The molecule has 1 saturated carbocycles. The molecule has 1 aliphatic heterocycles. The Morgan fingerprint density at radius 2 is 2.05 bits per heavy atom. The van der Waals surface area contributed by atoms with Crippen molar-refractivity contribution in [2.75, 3.05) is 19.7 Å². The second kappa shape index (κ2) is 6.00. The highest BCUT2D eigenvalue weighted by molar-refractivity contribution is 5.82. The Labute approximate surface area is 121 Å². The van der Waals surface area contributed by atoms with Crippen LogP contribution >= 0.6 is 0 Å². The molecule has 1 aliphatic carbocycles. The number of carbonyl (C=O) groups excluding carboxylic acids is 1. The van der Waals surface area contributed by atoms with E-state index in [-0.39, 0.29) is 29.4 Å². The van der Waals surface area contributed by atoms with Gasteiger partial charge >= 0.3 is 0 Å². The number of rotatable bonds is 4. The number of nitrogens with zero attached hydrogens (tertiary/aromatic N) is 1. The molecule has 2 rings (SSSR count). The first-order valence-corrected chi connectivity index (χ1v) is 7.76.